The van der Waals surface area contributed by atoms with E-state index in [9.17, 15) is 0 Å². The molecular weight excluding hydrogens is 256 g/mol. The van der Waals surface area contributed by atoms with Crippen molar-refractivity contribution >= 4 is 11.3 Å². The molecule has 5 heteroatoms. The van der Waals surface area contributed by atoms with Crippen LogP contribution in [-0.2, 0) is 6.54 Å². The minimum atomic E-state index is 0.472. The Kier molecular flexibility index (Phi) is 3.66. The zero-order chi connectivity index (χ0) is 13.2. The van der Waals surface area contributed by atoms with E-state index in [1.165, 1.54) is 30.0 Å². The summed E-state index contributed by atoms with van der Waals surface area (Å²) in [7, 11) is 0. The Labute approximate surface area is 117 Å². The largest absolute Gasteiger partial charge is 0.345 e. The molecule has 2 aromatic heterocycles. The van der Waals surface area contributed by atoms with Crippen LogP contribution >= 0.6 is 11.3 Å². The predicted octanol–water partition coefficient (Wildman–Crippen LogP) is 3.21. The van der Waals surface area contributed by atoms with Crippen molar-refractivity contribution < 1.29 is 0 Å². The highest BCUT2D eigenvalue weighted by molar-refractivity contribution is 7.09. The molecule has 102 valence electrons. The van der Waals surface area contributed by atoms with Crippen LogP contribution in [0.15, 0.2) is 11.6 Å². The molecule has 0 spiro atoms. The van der Waals surface area contributed by atoms with Gasteiger partial charge in [0.1, 0.15) is 10.8 Å². The monoisotopic (exact) mass is 276 g/mol. The zero-order valence-electron chi connectivity index (χ0n) is 11.5. The average Bonchev–Trinajstić information content (AvgIpc) is 3.02. The average molecular weight is 276 g/mol. The van der Waals surface area contributed by atoms with E-state index in [1.807, 2.05) is 6.20 Å². The number of nitrogens with one attached hydrogen (secondary N) is 1. The van der Waals surface area contributed by atoms with Crippen LogP contribution in [0.3, 0.4) is 0 Å². The van der Waals surface area contributed by atoms with E-state index in [0.717, 1.165) is 24.6 Å². The number of thiazole rings is 1. The molecule has 1 atom stereocenters. The number of H-pyrrole nitrogens is 1. The van der Waals surface area contributed by atoms with Crippen LogP contribution < -0.4 is 0 Å². The van der Waals surface area contributed by atoms with Crippen molar-refractivity contribution in [3.63, 3.8) is 0 Å². The summed E-state index contributed by atoms with van der Waals surface area (Å²) in [5, 5.41) is 3.32. The first-order valence-corrected chi connectivity index (χ1v) is 7.77. The molecule has 1 aliphatic rings. The molecule has 19 heavy (non-hydrogen) atoms. The quantitative estimate of drug-likeness (QED) is 0.936. The normalized spacial score (nSPS) is 20.8. The molecule has 1 saturated heterocycles. The van der Waals surface area contributed by atoms with E-state index in [1.54, 1.807) is 11.3 Å². The summed E-state index contributed by atoms with van der Waals surface area (Å²) in [4.78, 5) is 15.0. The van der Waals surface area contributed by atoms with Gasteiger partial charge in [-0.1, -0.05) is 6.42 Å². The van der Waals surface area contributed by atoms with E-state index in [-0.39, 0.29) is 0 Å². The van der Waals surface area contributed by atoms with E-state index in [2.05, 4.69) is 39.1 Å². The Bertz CT molecular complexity index is 512. The third-order valence-electron chi connectivity index (χ3n) is 3.88. The number of aromatic amines is 1. The van der Waals surface area contributed by atoms with Crippen LogP contribution in [0.4, 0.5) is 0 Å². The number of hydrogen-bond donors (Lipinski definition) is 1. The van der Waals surface area contributed by atoms with E-state index in [4.69, 9.17) is 0 Å². The summed E-state index contributed by atoms with van der Waals surface area (Å²) in [5.41, 5.74) is 2.29. The fourth-order valence-corrected chi connectivity index (χ4v) is 3.55. The van der Waals surface area contributed by atoms with Crippen molar-refractivity contribution in [2.45, 2.75) is 45.7 Å². The minimum Gasteiger partial charge on any atom is -0.345 e. The molecule has 2 aromatic rings. The first-order valence-electron chi connectivity index (χ1n) is 6.89. The highest BCUT2D eigenvalue weighted by Gasteiger charge is 2.26. The maximum Gasteiger partial charge on any atom is 0.120 e. The first kappa shape index (κ1) is 12.8. The molecule has 0 aromatic carbocycles. The van der Waals surface area contributed by atoms with Gasteiger partial charge >= 0.3 is 0 Å². The zero-order valence-corrected chi connectivity index (χ0v) is 12.3. The van der Waals surface area contributed by atoms with Gasteiger partial charge in [-0.2, -0.15) is 0 Å². The van der Waals surface area contributed by atoms with Crippen LogP contribution in [0.5, 0.6) is 0 Å². The van der Waals surface area contributed by atoms with Crippen LogP contribution in [0.25, 0.3) is 0 Å². The van der Waals surface area contributed by atoms with Crippen molar-refractivity contribution in [2.75, 3.05) is 6.54 Å². The Hall–Kier alpha value is -1.20. The van der Waals surface area contributed by atoms with Gasteiger partial charge in [0.25, 0.3) is 0 Å². The number of likely N-dealkylation sites (tertiary alicyclic amines) is 1. The summed E-state index contributed by atoms with van der Waals surface area (Å²) >= 11 is 1.77. The fraction of sp³-hybridized carbons (Fsp3) is 0.571. The highest BCUT2D eigenvalue weighted by atomic mass is 32.1. The molecule has 4 nitrogen and oxygen atoms in total. The summed E-state index contributed by atoms with van der Waals surface area (Å²) in [5.74, 6) is 1.08. The number of hydrogen-bond acceptors (Lipinski definition) is 4. The van der Waals surface area contributed by atoms with Gasteiger partial charge in [0.05, 0.1) is 18.3 Å². The second kappa shape index (κ2) is 5.43. The molecular formula is C14H20N4S. The van der Waals surface area contributed by atoms with Crippen LogP contribution in [0.1, 0.15) is 47.5 Å². The number of aromatic nitrogens is 3. The molecule has 0 aliphatic carbocycles. The summed E-state index contributed by atoms with van der Waals surface area (Å²) < 4.78 is 0. The number of aryl methyl sites for hydroxylation is 2. The molecule has 1 fully saturated rings. The molecule has 0 amide bonds. The van der Waals surface area contributed by atoms with Crippen LogP contribution in [0, 0.1) is 13.8 Å². The topological polar surface area (TPSA) is 44.8 Å². The maximum atomic E-state index is 4.61. The lowest BCUT2D eigenvalue weighted by Crippen LogP contribution is -2.33. The standard InChI is InChI=1S/C14H20N4S/c1-10-11(2)17-13(16-10)9-18-7-4-3-5-12(18)14-15-6-8-19-14/h6,8,12H,3-5,7,9H2,1-2H3,(H,16,17)/t12-/m1/s1. The van der Waals surface area contributed by atoms with E-state index in [0.29, 0.717) is 6.04 Å². The summed E-state index contributed by atoms with van der Waals surface area (Å²) in [6.45, 7) is 6.19. The summed E-state index contributed by atoms with van der Waals surface area (Å²) in [6.07, 6.45) is 5.71. The Morgan fingerprint density at radius 1 is 1.42 bits per heavy atom. The molecule has 3 rings (SSSR count). The van der Waals surface area contributed by atoms with Gasteiger partial charge in [-0.3, -0.25) is 4.90 Å². The number of piperidine rings is 1. The smallest absolute Gasteiger partial charge is 0.120 e. The van der Waals surface area contributed by atoms with Gasteiger partial charge in [0.2, 0.25) is 0 Å². The minimum absolute atomic E-state index is 0.472. The Morgan fingerprint density at radius 3 is 3.00 bits per heavy atom. The summed E-state index contributed by atoms with van der Waals surface area (Å²) in [6, 6.07) is 0.472. The van der Waals surface area contributed by atoms with Gasteiger partial charge in [0.15, 0.2) is 0 Å². The third kappa shape index (κ3) is 2.72. The van der Waals surface area contributed by atoms with Crippen molar-refractivity contribution in [3.8, 4) is 0 Å². The van der Waals surface area contributed by atoms with Crippen molar-refractivity contribution in [1.29, 1.82) is 0 Å². The molecule has 0 bridgehead atoms. The second-order valence-electron chi connectivity index (χ2n) is 5.25. The number of rotatable bonds is 3. The lowest BCUT2D eigenvalue weighted by atomic mass is 10.0. The Morgan fingerprint density at radius 2 is 2.32 bits per heavy atom. The Balaban J connectivity index is 1.77. The lowest BCUT2D eigenvalue weighted by Gasteiger charge is -2.33. The fourth-order valence-electron chi connectivity index (χ4n) is 2.75. The predicted molar refractivity (Wildman–Crippen MR) is 77.2 cm³/mol. The van der Waals surface area contributed by atoms with Gasteiger partial charge in [0, 0.05) is 17.3 Å². The van der Waals surface area contributed by atoms with Crippen molar-refractivity contribution in [3.05, 3.63) is 33.8 Å². The van der Waals surface area contributed by atoms with Gasteiger partial charge < -0.3 is 4.98 Å². The van der Waals surface area contributed by atoms with Crippen molar-refractivity contribution in [2.24, 2.45) is 0 Å². The first-order chi connectivity index (χ1) is 9.24. The molecule has 0 unspecified atom stereocenters. The van der Waals surface area contributed by atoms with E-state index < -0.39 is 0 Å². The van der Waals surface area contributed by atoms with E-state index >= 15 is 0 Å². The molecule has 1 N–H and O–H groups in total. The number of imidazole rings is 1. The highest BCUT2D eigenvalue weighted by Crippen LogP contribution is 2.32. The molecule has 0 saturated carbocycles. The maximum absolute atomic E-state index is 4.61. The van der Waals surface area contributed by atoms with Gasteiger partial charge in [-0.15, -0.1) is 11.3 Å². The third-order valence-corrected chi connectivity index (χ3v) is 4.76. The second-order valence-corrected chi connectivity index (χ2v) is 6.17. The number of nitrogens with zero attached hydrogens (tertiary/aromatic N) is 3. The van der Waals surface area contributed by atoms with Crippen LogP contribution in [0.2, 0.25) is 0 Å². The lowest BCUT2D eigenvalue weighted by molar-refractivity contribution is 0.137. The molecule has 1 aliphatic heterocycles. The van der Waals surface area contributed by atoms with Gasteiger partial charge in [-0.05, 0) is 33.2 Å². The molecule has 0 radical (unpaired) electrons. The van der Waals surface area contributed by atoms with Crippen LogP contribution in [-0.4, -0.2) is 26.4 Å². The van der Waals surface area contributed by atoms with Crippen molar-refractivity contribution in [1.82, 2.24) is 19.9 Å². The SMILES string of the molecule is Cc1nc(CN2CCCC[C@@H]2c2nccs2)[nH]c1C. The van der Waals surface area contributed by atoms with Gasteiger partial charge in [-0.25, -0.2) is 9.97 Å². The molecule has 3 heterocycles.